The van der Waals surface area contributed by atoms with Gasteiger partial charge >= 0.3 is 12.1 Å². The van der Waals surface area contributed by atoms with Gasteiger partial charge in [0, 0.05) is 19.5 Å². The summed E-state index contributed by atoms with van der Waals surface area (Å²) in [5.74, 6) is 0.529. The summed E-state index contributed by atoms with van der Waals surface area (Å²) in [4.78, 5) is 23.8. The molecular formula is C11H17N3O4S. The molecule has 0 radical (unpaired) electrons. The number of hydrogen-bond donors (Lipinski definition) is 2. The minimum Gasteiger partial charge on any atom is -0.489 e. The first-order valence-electron chi connectivity index (χ1n) is 5.65. The predicted octanol–water partition coefficient (Wildman–Crippen LogP) is 2.09. The Hall–Kier alpha value is -1.96. The molecule has 3 N–H and O–H groups in total. The van der Waals surface area contributed by atoms with Gasteiger partial charge in [-0.05, 0) is 6.42 Å². The Labute approximate surface area is 115 Å². The first-order valence-corrected chi connectivity index (χ1v) is 6.53. The Balaban J connectivity index is 2.93. The van der Waals surface area contributed by atoms with E-state index in [1.165, 1.54) is 16.2 Å². The van der Waals surface area contributed by atoms with Crippen molar-refractivity contribution in [2.75, 3.05) is 26.0 Å². The van der Waals surface area contributed by atoms with Crippen molar-refractivity contribution in [3.05, 3.63) is 5.38 Å². The van der Waals surface area contributed by atoms with Gasteiger partial charge in [0.1, 0.15) is 5.00 Å². The van der Waals surface area contributed by atoms with Crippen LogP contribution in [0.5, 0.6) is 11.5 Å². The van der Waals surface area contributed by atoms with Crippen LogP contribution in [0.2, 0.25) is 0 Å². The molecule has 0 aliphatic rings. The average molecular weight is 287 g/mol. The number of carbonyl (C=O) groups is 2. The molecule has 0 unspecified atom stereocenters. The van der Waals surface area contributed by atoms with Crippen LogP contribution in [0.15, 0.2) is 5.38 Å². The van der Waals surface area contributed by atoms with Gasteiger partial charge in [-0.2, -0.15) is 0 Å². The fourth-order valence-corrected chi connectivity index (χ4v) is 1.93. The van der Waals surface area contributed by atoms with Crippen molar-refractivity contribution in [3.8, 4) is 11.5 Å². The minimum absolute atomic E-state index is 0.140. The number of thiophene rings is 1. The molecule has 0 saturated carbocycles. The summed E-state index contributed by atoms with van der Waals surface area (Å²) in [6.07, 6.45) is -0.147. The summed E-state index contributed by atoms with van der Waals surface area (Å²) in [5, 5.41) is 4.64. The lowest BCUT2D eigenvalue weighted by molar-refractivity contribution is 0.207. The Kier molecular flexibility index (Phi) is 5.43. The summed E-state index contributed by atoms with van der Waals surface area (Å²) >= 11 is 1.20. The van der Waals surface area contributed by atoms with Gasteiger partial charge in [-0.3, -0.25) is 5.32 Å². The molecule has 1 heterocycles. The summed E-state index contributed by atoms with van der Waals surface area (Å²) in [6.45, 7) is 2.43. The van der Waals surface area contributed by atoms with Gasteiger partial charge in [-0.25, -0.2) is 9.59 Å². The topological polar surface area (TPSA) is 93.9 Å². The molecule has 0 aromatic carbocycles. The van der Waals surface area contributed by atoms with Crippen LogP contribution in [-0.4, -0.2) is 37.7 Å². The third kappa shape index (κ3) is 4.32. The number of nitrogens with zero attached hydrogens (tertiary/aromatic N) is 1. The fourth-order valence-electron chi connectivity index (χ4n) is 1.14. The SMILES string of the molecule is CCCOc1csc(NC(=O)N(C)C)c1OC(N)=O. The van der Waals surface area contributed by atoms with E-state index in [9.17, 15) is 9.59 Å². The number of hydrogen-bond acceptors (Lipinski definition) is 5. The van der Waals surface area contributed by atoms with E-state index < -0.39 is 6.09 Å². The van der Waals surface area contributed by atoms with Crippen molar-refractivity contribution >= 4 is 28.5 Å². The van der Waals surface area contributed by atoms with E-state index in [0.717, 1.165) is 6.42 Å². The van der Waals surface area contributed by atoms with E-state index in [-0.39, 0.29) is 11.8 Å². The van der Waals surface area contributed by atoms with E-state index in [1.807, 2.05) is 6.92 Å². The number of rotatable bonds is 5. The van der Waals surface area contributed by atoms with Crippen molar-refractivity contribution < 1.29 is 19.1 Å². The fraction of sp³-hybridized carbons (Fsp3) is 0.455. The first kappa shape index (κ1) is 15.1. The molecule has 8 heteroatoms. The largest absolute Gasteiger partial charge is 0.489 e. The number of primary amides is 1. The Bertz CT molecular complexity index is 459. The molecule has 1 aromatic heterocycles. The smallest absolute Gasteiger partial charge is 0.410 e. The zero-order valence-corrected chi connectivity index (χ0v) is 11.9. The quantitative estimate of drug-likeness (QED) is 0.867. The summed E-state index contributed by atoms with van der Waals surface area (Å²) in [5.41, 5.74) is 5.01. The number of nitrogens with one attached hydrogen (secondary N) is 1. The van der Waals surface area contributed by atoms with Crippen LogP contribution in [-0.2, 0) is 0 Å². The highest BCUT2D eigenvalue weighted by Crippen LogP contribution is 2.42. The van der Waals surface area contributed by atoms with Crippen molar-refractivity contribution in [2.24, 2.45) is 5.73 Å². The van der Waals surface area contributed by atoms with E-state index in [0.29, 0.717) is 17.4 Å². The zero-order chi connectivity index (χ0) is 14.4. The van der Waals surface area contributed by atoms with Crippen LogP contribution in [0, 0.1) is 0 Å². The summed E-state index contributed by atoms with van der Waals surface area (Å²) < 4.78 is 10.3. The second-order valence-electron chi connectivity index (χ2n) is 3.85. The van der Waals surface area contributed by atoms with Gasteiger partial charge in [0.25, 0.3) is 0 Å². The molecule has 106 valence electrons. The van der Waals surface area contributed by atoms with Crippen LogP contribution in [0.3, 0.4) is 0 Å². The molecule has 0 atom stereocenters. The first-order chi connectivity index (χ1) is 8.95. The molecule has 0 aliphatic carbocycles. The molecule has 0 saturated heterocycles. The lowest BCUT2D eigenvalue weighted by atomic mass is 10.4. The normalized spacial score (nSPS) is 9.84. The number of urea groups is 1. The molecule has 0 aliphatic heterocycles. The van der Waals surface area contributed by atoms with E-state index in [4.69, 9.17) is 15.2 Å². The molecule has 0 spiro atoms. The number of ether oxygens (including phenoxy) is 2. The van der Waals surface area contributed by atoms with Crippen molar-refractivity contribution in [1.29, 1.82) is 0 Å². The molecule has 1 aromatic rings. The second kappa shape index (κ2) is 6.83. The lowest BCUT2D eigenvalue weighted by Crippen LogP contribution is -2.27. The van der Waals surface area contributed by atoms with Gasteiger partial charge in [0.2, 0.25) is 5.75 Å². The zero-order valence-electron chi connectivity index (χ0n) is 11.1. The maximum Gasteiger partial charge on any atom is 0.410 e. The molecule has 7 nitrogen and oxygen atoms in total. The Morgan fingerprint density at radius 1 is 1.47 bits per heavy atom. The number of nitrogens with two attached hydrogens (primary N) is 1. The molecule has 1 rings (SSSR count). The maximum atomic E-state index is 11.6. The minimum atomic E-state index is -0.958. The average Bonchev–Trinajstić information content (AvgIpc) is 2.68. The Morgan fingerprint density at radius 3 is 2.68 bits per heavy atom. The van der Waals surface area contributed by atoms with E-state index in [1.54, 1.807) is 19.5 Å². The van der Waals surface area contributed by atoms with Crippen LogP contribution in [0.25, 0.3) is 0 Å². The highest BCUT2D eigenvalue weighted by Gasteiger charge is 2.19. The monoisotopic (exact) mass is 287 g/mol. The maximum absolute atomic E-state index is 11.6. The molecule has 0 bridgehead atoms. The Morgan fingerprint density at radius 2 is 2.16 bits per heavy atom. The van der Waals surface area contributed by atoms with Crippen LogP contribution in [0.1, 0.15) is 13.3 Å². The van der Waals surface area contributed by atoms with Gasteiger partial charge in [0.05, 0.1) is 6.61 Å². The van der Waals surface area contributed by atoms with Gasteiger partial charge in [0.15, 0.2) is 5.75 Å². The molecular weight excluding hydrogens is 270 g/mol. The van der Waals surface area contributed by atoms with Crippen molar-refractivity contribution in [3.63, 3.8) is 0 Å². The third-order valence-electron chi connectivity index (χ3n) is 2.00. The summed E-state index contributed by atoms with van der Waals surface area (Å²) in [7, 11) is 3.21. The number of carbonyl (C=O) groups excluding carboxylic acids is 2. The van der Waals surface area contributed by atoms with E-state index in [2.05, 4.69) is 5.32 Å². The number of amides is 3. The highest BCUT2D eigenvalue weighted by molar-refractivity contribution is 7.15. The third-order valence-corrected chi connectivity index (χ3v) is 2.86. The molecule has 0 fully saturated rings. The molecule has 3 amide bonds. The van der Waals surface area contributed by atoms with Gasteiger partial charge in [-0.15, -0.1) is 11.3 Å². The summed E-state index contributed by atoms with van der Waals surface area (Å²) in [6, 6.07) is -0.335. The highest BCUT2D eigenvalue weighted by atomic mass is 32.1. The van der Waals surface area contributed by atoms with Crippen molar-refractivity contribution in [1.82, 2.24) is 4.90 Å². The van der Waals surface area contributed by atoms with E-state index >= 15 is 0 Å². The standard InChI is InChI=1S/C11H17N3O4S/c1-4-5-17-7-6-19-9(8(7)18-10(12)15)13-11(16)14(2)3/h6H,4-5H2,1-3H3,(H2,12,15)(H,13,16). The predicted molar refractivity (Wildman–Crippen MR) is 73.0 cm³/mol. The van der Waals surface area contributed by atoms with Crippen LogP contribution < -0.4 is 20.5 Å². The van der Waals surface area contributed by atoms with Crippen LogP contribution >= 0.6 is 11.3 Å². The molecule has 19 heavy (non-hydrogen) atoms. The van der Waals surface area contributed by atoms with Crippen LogP contribution in [0.4, 0.5) is 14.6 Å². The van der Waals surface area contributed by atoms with Gasteiger partial charge < -0.3 is 20.1 Å². The van der Waals surface area contributed by atoms with Crippen molar-refractivity contribution in [2.45, 2.75) is 13.3 Å². The number of anilines is 1. The lowest BCUT2D eigenvalue weighted by Gasteiger charge is -2.12. The second-order valence-corrected chi connectivity index (χ2v) is 4.73. The van der Waals surface area contributed by atoms with Gasteiger partial charge in [-0.1, -0.05) is 6.92 Å².